The van der Waals surface area contributed by atoms with Crippen LogP contribution in [-0.4, -0.2) is 20.9 Å². The van der Waals surface area contributed by atoms with Gasteiger partial charge in [-0.25, -0.2) is 9.48 Å². The van der Waals surface area contributed by atoms with Gasteiger partial charge in [-0.1, -0.05) is 6.07 Å². The highest BCUT2D eigenvalue weighted by molar-refractivity contribution is 5.91. The monoisotopic (exact) mass is 257 g/mol. The summed E-state index contributed by atoms with van der Waals surface area (Å²) < 4.78 is 6.89. The Morgan fingerprint density at radius 2 is 2.26 bits per heavy atom. The number of benzene rings is 1. The van der Waals surface area contributed by atoms with Crippen LogP contribution in [0.25, 0.3) is 0 Å². The number of nitrogens with zero attached hydrogens (tertiary/aromatic N) is 3. The SMILES string of the molecule is Cc1nn(C)c(Oc2cccc(C#N)c2)c1C(=O)O. The molecule has 0 saturated carbocycles. The first-order chi connectivity index (χ1) is 9.02. The van der Waals surface area contributed by atoms with Crippen LogP contribution in [-0.2, 0) is 7.05 Å². The van der Waals surface area contributed by atoms with Gasteiger partial charge >= 0.3 is 5.97 Å². The summed E-state index contributed by atoms with van der Waals surface area (Å²) in [5, 5.41) is 22.0. The van der Waals surface area contributed by atoms with Crippen LogP contribution in [0.4, 0.5) is 0 Å². The van der Waals surface area contributed by atoms with E-state index >= 15 is 0 Å². The van der Waals surface area contributed by atoms with E-state index in [0.29, 0.717) is 17.0 Å². The van der Waals surface area contributed by atoms with Gasteiger partial charge < -0.3 is 9.84 Å². The van der Waals surface area contributed by atoms with Gasteiger partial charge in [0.15, 0.2) is 0 Å². The first kappa shape index (κ1) is 12.6. The van der Waals surface area contributed by atoms with Crippen molar-refractivity contribution in [3.8, 4) is 17.7 Å². The van der Waals surface area contributed by atoms with Gasteiger partial charge in [0.2, 0.25) is 5.88 Å². The van der Waals surface area contributed by atoms with Crippen LogP contribution in [0.2, 0.25) is 0 Å². The van der Waals surface area contributed by atoms with E-state index in [0.717, 1.165) is 0 Å². The maximum Gasteiger partial charge on any atom is 0.343 e. The Kier molecular flexibility index (Phi) is 3.21. The van der Waals surface area contributed by atoms with E-state index in [1.165, 1.54) is 10.7 Å². The number of rotatable bonds is 3. The number of carboxylic acid groups (broad SMARTS) is 1. The van der Waals surface area contributed by atoms with E-state index in [2.05, 4.69) is 5.10 Å². The fraction of sp³-hybridized carbons (Fsp3) is 0.154. The number of hydrogen-bond donors (Lipinski definition) is 1. The van der Waals surface area contributed by atoms with Crippen molar-refractivity contribution in [2.45, 2.75) is 6.92 Å². The van der Waals surface area contributed by atoms with E-state index in [-0.39, 0.29) is 11.4 Å². The van der Waals surface area contributed by atoms with E-state index in [1.807, 2.05) is 6.07 Å². The molecule has 0 radical (unpaired) electrons. The molecule has 0 aliphatic rings. The van der Waals surface area contributed by atoms with Gasteiger partial charge in [0, 0.05) is 7.05 Å². The molecule has 1 N–H and O–H groups in total. The van der Waals surface area contributed by atoms with Crippen LogP contribution in [0.5, 0.6) is 11.6 Å². The molecule has 1 heterocycles. The summed E-state index contributed by atoms with van der Waals surface area (Å²) in [6.45, 7) is 1.60. The lowest BCUT2D eigenvalue weighted by Gasteiger charge is -2.07. The number of aromatic nitrogens is 2. The van der Waals surface area contributed by atoms with E-state index in [4.69, 9.17) is 15.1 Å². The van der Waals surface area contributed by atoms with Gasteiger partial charge in [-0.3, -0.25) is 0 Å². The van der Waals surface area contributed by atoms with Crippen LogP contribution in [0.1, 0.15) is 21.6 Å². The molecule has 19 heavy (non-hydrogen) atoms. The number of carboxylic acids is 1. The molecule has 0 spiro atoms. The first-order valence-corrected chi connectivity index (χ1v) is 5.48. The molecule has 6 nitrogen and oxygen atoms in total. The molecular formula is C13H11N3O3. The molecule has 6 heteroatoms. The second-order valence-corrected chi connectivity index (χ2v) is 3.94. The zero-order chi connectivity index (χ0) is 14.0. The highest BCUT2D eigenvalue weighted by Gasteiger charge is 2.21. The molecule has 0 unspecified atom stereocenters. The molecule has 0 fully saturated rings. The van der Waals surface area contributed by atoms with Crippen molar-refractivity contribution in [1.82, 2.24) is 9.78 Å². The van der Waals surface area contributed by atoms with Crippen molar-refractivity contribution in [3.05, 3.63) is 41.1 Å². The van der Waals surface area contributed by atoms with E-state index in [1.54, 1.807) is 32.2 Å². The molecule has 1 aromatic heterocycles. The van der Waals surface area contributed by atoms with Gasteiger partial charge in [-0.15, -0.1) is 0 Å². The zero-order valence-corrected chi connectivity index (χ0v) is 10.4. The maximum absolute atomic E-state index is 11.2. The van der Waals surface area contributed by atoms with Gasteiger partial charge in [0.1, 0.15) is 11.3 Å². The molecule has 0 aliphatic heterocycles. The third-order valence-corrected chi connectivity index (χ3v) is 2.56. The lowest BCUT2D eigenvalue weighted by molar-refractivity contribution is 0.0693. The molecule has 0 amide bonds. The van der Waals surface area contributed by atoms with Crippen LogP contribution >= 0.6 is 0 Å². The summed E-state index contributed by atoms with van der Waals surface area (Å²) >= 11 is 0. The van der Waals surface area contributed by atoms with Crippen molar-refractivity contribution in [3.63, 3.8) is 0 Å². The molecule has 0 saturated heterocycles. The molecule has 0 atom stereocenters. The quantitative estimate of drug-likeness (QED) is 0.909. The third kappa shape index (κ3) is 2.40. The number of aryl methyl sites for hydroxylation is 2. The summed E-state index contributed by atoms with van der Waals surface area (Å²) in [4.78, 5) is 11.2. The van der Waals surface area contributed by atoms with Crippen molar-refractivity contribution >= 4 is 5.97 Å². The van der Waals surface area contributed by atoms with Crippen LogP contribution in [0, 0.1) is 18.3 Å². The predicted molar refractivity (Wildman–Crippen MR) is 66.1 cm³/mol. The fourth-order valence-corrected chi connectivity index (χ4v) is 1.74. The summed E-state index contributed by atoms with van der Waals surface area (Å²) in [5.41, 5.74) is 0.833. The molecular weight excluding hydrogens is 246 g/mol. The highest BCUT2D eigenvalue weighted by Crippen LogP contribution is 2.27. The summed E-state index contributed by atoms with van der Waals surface area (Å²) in [7, 11) is 1.60. The smallest absolute Gasteiger partial charge is 0.343 e. The first-order valence-electron chi connectivity index (χ1n) is 5.48. The average molecular weight is 257 g/mol. The Labute approximate surface area is 109 Å². The second-order valence-electron chi connectivity index (χ2n) is 3.94. The molecule has 1 aromatic carbocycles. The summed E-state index contributed by atoms with van der Waals surface area (Å²) in [5.74, 6) is -0.568. The largest absolute Gasteiger partial charge is 0.477 e. The summed E-state index contributed by atoms with van der Waals surface area (Å²) in [6.07, 6.45) is 0. The third-order valence-electron chi connectivity index (χ3n) is 2.56. The molecule has 2 aromatic rings. The molecule has 96 valence electrons. The van der Waals surface area contributed by atoms with Crippen molar-refractivity contribution in [1.29, 1.82) is 5.26 Å². The average Bonchev–Trinajstić information content (AvgIpc) is 2.64. The lowest BCUT2D eigenvalue weighted by Crippen LogP contribution is -2.02. The molecule has 0 bridgehead atoms. The van der Waals surface area contributed by atoms with E-state index in [9.17, 15) is 4.79 Å². The second kappa shape index (κ2) is 4.82. The Balaban J connectivity index is 2.43. The van der Waals surface area contributed by atoms with Crippen LogP contribution in [0.3, 0.4) is 0 Å². The van der Waals surface area contributed by atoms with E-state index < -0.39 is 5.97 Å². The van der Waals surface area contributed by atoms with Gasteiger partial charge in [0.05, 0.1) is 17.3 Å². The number of ether oxygens (including phenoxy) is 1. The van der Waals surface area contributed by atoms with Crippen LogP contribution in [0.15, 0.2) is 24.3 Å². The topological polar surface area (TPSA) is 88.1 Å². The molecule has 0 aliphatic carbocycles. The Morgan fingerprint density at radius 1 is 1.53 bits per heavy atom. The van der Waals surface area contributed by atoms with Crippen molar-refractivity contribution in [2.75, 3.05) is 0 Å². The number of hydrogen-bond acceptors (Lipinski definition) is 4. The molecule has 2 rings (SSSR count). The standard InChI is InChI=1S/C13H11N3O3/c1-8-11(13(17)18)12(16(2)15-8)19-10-5-3-4-9(6-10)7-14/h3-6H,1-2H3,(H,17,18). The fourth-order valence-electron chi connectivity index (χ4n) is 1.74. The summed E-state index contributed by atoms with van der Waals surface area (Å²) in [6, 6.07) is 8.48. The maximum atomic E-state index is 11.2. The van der Waals surface area contributed by atoms with Crippen LogP contribution < -0.4 is 4.74 Å². The van der Waals surface area contributed by atoms with Gasteiger partial charge in [0.25, 0.3) is 0 Å². The predicted octanol–water partition coefficient (Wildman–Crippen LogP) is 2.09. The van der Waals surface area contributed by atoms with Gasteiger partial charge in [-0.2, -0.15) is 10.4 Å². The van der Waals surface area contributed by atoms with Gasteiger partial charge in [-0.05, 0) is 25.1 Å². The number of carbonyl (C=O) groups is 1. The normalized spacial score (nSPS) is 9.95. The Hall–Kier alpha value is -2.81. The Morgan fingerprint density at radius 3 is 2.89 bits per heavy atom. The minimum Gasteiger partial charge on any atom is -0.477 e. The zero-order valence-electron chi connectivity index (χ0n) is 10.4. The Bertz CT molecular complexity index is 683. The minimum atomic E-state index is -1.10. The van der Waals surface area contributed by atoms with Crippen molar-refractivity contribution < 1.29 is 14.6 Å². The number of aromatic carboxylic acids is 1. The highest BCUT2D eigenvalue weighted by atomic mass is 16.5. The minimum absolute atomic E-state index is 0.0184. The lowest BCUT2D eigenvalue weighted by atomic mass is 10.2. The number of nitriles is 1. The van der Waals surface area contributed by atoms with Crippen molar-refractivity contribution in [2.24, 2.45) is 7.05 Å².